The fourth-order valence-corrected chi connectivity index (χ4v) is 1.47. The molecule has 0 saturated carbocycles. The second-order valence-electron chi connectivity index (χ2n) is 3.24. The van der Waals surface area contributed by atoms with Crippen LogP contribution >= 0.6 is 0 Å². The van der Waals surface area contributed by atoms with Gasteiger partial charge < -0.3 is 10.2 Å². The summed E-state index contributed by atoms with van der Waals surface area (Å²) in [6, 6.07) is 0.603. The smallest absolute Gasteiger partial charge is 0.0906 e. The lowest BCUT2D eigenvalue weighted by Gasteiger charge is -2.11. The van der Waals surface area contributed by atoms with Crippen molar-refractivity contribution in [2.75, 3.05) is 33.4 Å². The fraction of sp³-hybridized carbons (Fsp3) is 1.00. The van der Waals surface area contributed by atoms with Gasteiger partial charge in [0.15, 0.2) is 0 Å². The molecule has 0 amide bonds. The first-order chi connectivity index (χ1) is 5.33. The van der Waals surface area contributed by atoms with Crippen molar-refractivity contribution in [1.29, 1.82) is 0 Å². The molecule has 1 unspecified atom stereocenters. The summed E-state index contributed by atoms with van der Waals surface area (Å²) >= 11 is 0. The van der Waals surface area contributed by atoms with Crippen molar-refractivity contribution in [2.45, 2.75) is 18.9 Å². The summed E-state index contributed by atoms with van der Waals surface area (Å²) < 4.78 is 11.7. The van der Waals surface area contributed by atoms with Gasteiger partial charge in [-0.25, -0.2) is 0 Å². The first-order valence-electron chi connectivity index (χ1n) is 4.31. The molecule has 0 aromatic rings. The molecule has 0 aromatic heterocycles. The van der Waals surface area contributed by atoms with E-state index in [4.69, 9.17) is 0 Å². The summed E-state index contributed by atoms with van der Waals surface area (Å²) in [6.45, 7) is 2.92. The first kappa shape index (κ1) is 8.94. The van der Waals surface area contributed by atoms with Crippen molar-refractivity contribution < 1.29 is 4.39 Å². The third kappa shape index (κ3) is 3.16. The Balaban J connectivity index is 1.99. The van der Waals surface area contributed by atoms with Gasteiger partial charge in [-0.05, 0) is 33.0 Å². The van der Waals surface area contributed by atoms with E-state index in [1.54, 1.807) is 0 Å². The summed E-state index contributed by atoms with van der Waals surface area (Å²) in [5.41, 5.74) is 0. The summed E-state index contributed by atoms with van der Waals surface area (Å²) in [6.07, 6.45) is 1.86. The van der Waals surface area contributed by atoms with Crippen LogP contribution in [0.4, 0.5) is 4.39 Å². The number of hydrogen-bond acceptors (Lipinski definition) is 2. The Morgan fingerprint density at radius 1 is 1.64 bits per heavy atom. The molecular formula is C8H17FN2. The maximum atomic E-state index is 11.7. The van der Waals surface area contributed by atoms with Gasteiger partial charge in [0, 0.05) is 12.6 Å². The Hall–Kier alpha value is -0.150. The summed E-state index contributed by atoms with van der Waals surface area (Å²) in [4.78, 5) is 2.30. The second-order valence-corrected chi connectivity index (χ2v) is 3.24. The van der Waals surface area contributed by atoms with Crippen LogP contribution in [0.15, 0.2) is 0 Å². The number of likely N-dealkylation sites (tertiary alicyclic amines) is 1. The molecule has 0 radical (unpaired) electrons. The maximum Gasteiger partial charge on any atom is 0.0906 e. The quantitative estimate of drug-likeness (QED) is 0.607. The molecular weight excluding hydrogens is 143 g/mol. The molecule has 0 bridgehead atoms. The van der Waals surface area contributed by atoms with E-state index in [9.17, 15) is 4.39 Å². The van der Waals surface area contributed by atoms with Crippen LogP contribution in [0.1, 0.15) is 12.8 Å². The molecule has 0 aliphatic carbocycles. The SMILES string of the molecule is CN1CCC(NCCCF)C1. The van der Waals surface area contributed by atoms with E-state index in [0.717, 1.165) is 13.1 Å². The zero-order valence-corrected chi connectivity index (χ0v) is 7.15. The van der Waals surface area contributed by atoms with Crippen LogP contribution in [0.5, 0.6) is 0 Å². The zero-order valence-electron chi connectivity index (χ0n) is 7.15. The average molecular weight is 160 g/mol. The van der Waals surface area contributed by atoms with Crippen LogP contribution in [0, 0.1) is 0 Å². The monoisotopic (exact) mass is 160 g/mol. The molecule has 3 heteroatoms. The number of nitrogens with one attached hydrogen (secondary N) is 1. The van der Waals surface area contributed by atoms with Gasteiger partial charge in [0.2, 0.25) is 0 Å². The third-order valence-electron chi connectivity index (χ3n) is 2.13. The summed E-state index contributed by atoms with van der Waals surface area (Å²) in [5.74, 6) is 0. The highest BCUT2D eigenvalue weighted by Gasteiger charge is 2.17. The predicted molar refractivity (Wildman–Crippen MR) is 44.5 cm³/mol. The van der Waals surface area contributed by atoms with Crippen molar-refractivity contribution in [1.82, 2.24) is 10.2 Å². The highest BCUT2D eigenvalue weighted by molar-refractivity contribution is 4.78. The van der Waals surface area contributed by atoms with E-state index >= 15 is 0 Å². The lowest BCUT2D eigenvalue weighted by atomic mass is 10.2. The minimum Gasteiger partial charge on any atom is -0.313 e. The number of nitrogens with zero attached hydrogens (tertiary/aromatic N) is 1. The van der Waals surface area contributed by atoms with Crippen molar-refractivity contribution in [2.24, 2.45) is 0 Å². The predicted octanol–water partition coefficient (Wildman–Crippen LogP) is 0.640. The Morgan fingerprint density at radius 3 is 3.00 bits per heavy atom. The van der Waals surface area contributed by atoms with Crippen molar-refractivity contribution >= 4 is 0 Å². The van der Waals surface area contributed by atoms with E-state index in [1.165, 1.54) is 13.0 Å². The van der Waals surface area contributed by atoms with Gasteiger partial charge in [-0.2, -0.15) is 0 Å². The molecule has 11 heavy (non-hydrogen) atoms. The Morgan fingerprint density at radius 2 is 2.45 bits per heavy atom. The van der Waals surface area contributed by atoms with E-state index in [-0.39, 0.29) is 6.67 Å². The second kappa shape index (κ2) is 4.67. The molecule has 1 heterocycles. The van der Waals surface area contributed by atoms with Crippen LogP contribution < -0.4 is 5.32 Å². The lowest BCUT2D eigenvalue weighted by molar-refractivity contribution is 0.391. The highest BCUT2D eigenvalue weighted by atomic mass is 19.1. The molecule has 1 fully saturated rings. The first-order valence-corrected chi connectivity index (χ1v) is 4.31. The normalized spacial score (nSPS) is 26.2. The average Bonchev–Trinajstić information content (AvgIpc) is 2.37. The lowest BCUT2D eigenvalue weighted by Crippen LogP contribution is -2.32. The number of halogens is 1. The Bertz CT molecular complexity index is 108. The van der Waals surface area contributed by atoms with Crippen molar-refractivity contribution in [3.63, 3.8) is 0 Å². The van der Waals surface area contributed by atoms with E-state index in [1.807, 2.05) is 0 Å². The van der Waals surface area contributed by atoms with Crippen LogP contribution in [-0.2, 0) is 0 Å². The molecule has 66 valence electrons. The van der Waals surface area contributed by atoms with Crippen LogP contribution in [0.3, 0.4) is 0 Å². The van der Waals surface area contributed by atoms with Crippen molar-refractivity contribution in [3.05, 3.63) is 0 Å². The van der Waals surface area contributed by atoms with Gasteiger partial charge in [0.1, 0.15) is 0 Å². The molecule has 1 rings (SSSR count). The molecule has 0 aromatic carbocycles. The third-order valence-corrected chi connectivity index (χ3v) is 2.13. The maximum absolute atomic E-state index is 11.7. The van der Waals surface area contributed by atoms with Crippen LogP contribution in [0.2, 0.25) is 0 Å². The topological polar surface area (TPSA) is 15.3 Å². The fourth-order valence-electron chi connectivity index (χ4n) is 1.47. The number of hydrogen-bond donors (Lipinski definition) is 1. The van der Waals surface area contributed by atoms with Gasteiger partial charge >= 0.3 is 0 Å². The van der Waals surface area contributed by atoms with Gasteiger partial charge in [-0.1, -0.05) is 0 Å². The van der Waals surface area contributed by atoms with E-state index < -0.39 is 0 Å². The number of alkyl halides is 1. The van der Waals surface area contributed by atoms with Gasteiger partial charge in [0.25, 0.3) is 0 Å². The van der Waals surface area contributed by atoms with E-state index in [2.05, 4.69) is 17.3 Å². The Labute approximate surface area is 67.8 Å². The van der Waals surface area contributed by atoms with Crippen LogP contribution in [-0.4, -0.2) is 44.3 Å². The summed E-state index contributed by atoms with van der Waals surface area (Å²) in [7, 11) is 2.12. The molecule has 1 N–H and O–H groups in total. The van der Waals surface area contributed by atoms with Gasteiger partial charge in [0.05, 0.1) is 6.67 Å². The largest absolute Gasteiger partial charge is 0.313 e. The summed E-state index contributed by atoms with van der Waals surface area (Å²) in [5, 5.41) is 3.33. The minimum atomic E-state index is -0.199. The zero-order chi connectivity index (χ0) is 8.10. The van der Waals surface area contributed by atoms with Crippen molar-refractivity contribution in [3.8, 4) is 0 Å². The minimum absolute atomic E-state index is 0.199. The van der Waals surface area contributed by atoms with E-state index in [0.29, 0.717) is 12.5 Å². The standard InChI is InChI=1S/C8H17FN2/c1-11-6-3-8(7-11)10-5-2-4-9/h8,10H,2-7H2,1H3. The van der Waals surface area contributed by atoms with Gasteiger partial charge in [-0.3, -0.25) is 4.39 Å². The molecule has 1 aliphatic rings. The molecule has 1 atom stereocenters. The van der Waals surface area contributed by atoms with Gasteiger partial charge in [-0.15, -0.1) is 0 Å². The highest BCUT2D eigenvalue weighted by Crippen LogP contribution is 2.05. The Kier molecular flexibility index (Phi) is 3.80. The molecule has 0 spiro atoms. The molecule has 2 nitrogen and oxygen atoms in total. The molecule has 1 saturated heterocycles. The molecule has 1 aliphatic heterocycles. The number of likely N-dealkylation sites (N-methyl/N-ethyl adjacent to an activating group) is 1. The number of rotatable bonds is 4. The van der Waals surface area contributed by atoms with Crippen LogP contribution in [0.25, 0.3) is 0 Å².